The Morgan fingerprint density at radius 1 is 1.07 bits per heavy atom. The van der Waals surface area contributed by atoms with Crippen LogP contribution in [0.15, 0.2) is 53.7 Å². The summed E-state index contributed by atoms with van der Waals surface area (Å²) in [6.07, 6.45) is 3.67. The fourth-order valence-electron chi connectivity index (χ4n) is 1.37. The van der Waals surface area contributed by atoms with E-state index in [0.717, 1.165) is 5.75 Å². The van der Waals surface area contributed by atoms with E-state index in [1.807, 2.05) is 36.3 Å². The van der Waals surface area contributed by atoms with Gasteiger partial charge < -0.3 is 0 Å². The molecule has 0 spiro atoms. The van der Waals surface area contributed by atoms with Gasteiger partial charge in [-0.3, -0.25) is 4.98 Å². The lowest BCUT2D eigenvalue weighted by molar-refractivity contribution is 1.25. The molecule has 0 saturated carbocycles. The molecule has 76 valence electrons. The van der Waals surface area contributed by atoms with Crippen molar-refractivity contribution in [1.29, 1.82) is 0 Å². The predicted molar refractivity (Wildman–Crippen MR) is 65.0 cm³/mol. The maximum absolute atomic E-state index is 4.00. The summed E-state index contributed by atoms with van der Waals surface area (Å²) >= 11 is 1.85. The number of hydrogen-bond donors (Lipinski definition) is 0. The van der Waals surface area contributed by atoms with Crippen LogP contribution in [0.3, 0.4) is 0 Å². The van der Waals surface area contributed by atoms with E-state index < -0.39 is 0 Å². The minimum absolute atomic E-state index is 1.02. The van der Waals surface area contributed by atoms with E-state index in [1.165, 1.54) is 16.0 Å². The van der Waals surface area contributed by atoms with Gasteiger partial charge >= 0.3 is 0 Å². The topological polar surface area (TPSA) is 12.9 Å². The Morgan fingerprint density at radius 3 is 2.53 bits per heavy atom. The van der Waals surface area contributed by atoms with Crippen LogP contribution in [0, 0.1) is 6.92 Å². The zero-order valence-corrected chi connectivity index (χ0v) is 9.50. The molecule has 0 aliphatic carbocycles. The first-order valence-corrected chi connectivity index (χ1v) is 5.92. The maximum Gasteiger partial charge on any atom is 0.0278 e. The maximum atomic E-state index is 4.00. The number of rotatable bonds is 3. The minimum atomic E-state index is 1.02. The van der Waals surface area contributed by atoms with E-state index in [0.29, 0.717) is 0 Å². The number of aromatic nitrogens is 1. The molecule has 1 nitrogen and oxygen atoms in total. The molecule has 1 aromatic carbocycles. The molecule has 2 aromatic rings. The Morgan fingerprint density at radius 2 is 1.80 bits per heavy atom. The van der Waals surface area contributed by atoms with Gasteiger partial charge in [0.25, 0.3) is 0 Å². The lowest BCUT2D eigenvalue weighted by Crippen LogP contribution is -1.85. The van der Waals surface area contributed by atoms with Gasteiger partial charge in [-0.15, -0.1) is 11.8 Å². The van der Waals surface area contributed by atoms with E-state index in [2.05, 4.69) is 36.2 Å². The molecule has 2 heteroatoms. The van der Waals surface area contributed by atoms with E-state index in [9.17, 15) is 0 Å². The standard InChI is InChI=1S/C13H13NS/c1-11-4-2-3-5-12(11)10-15-13-6-8-14-9-7-13/h2-9H,10H2,1H3. The van der Waals surface area contributed by atoms with Crippen LogP contribution in [0.4, 0.5) is 0 Å². The second kappa shape index (κ2) is 4.99. The average molecular weight is 215 g/mol. The fraction of sp³-hybridized carbons (Fsp3) is 0.154. The first kappa shape index (κ1) is 10.2. The Hall–Kier alpha value is -1.28. The van der Waals surface area contributed by atoms with Gasteiger partial charge in [-0.2, -0.15) is 0 Å². The van der Waals surface area contributed by atoms with Gasteiger partial charge in [0.2, 0.25) is 0 Å². The largest absolute Gasteiger partial charge is 0.265 e. The highest BCUT2D eigenvalue weighted by molar-refractivity contribution is 7.98. The zero-order valence-electron chi connectivity index (χ0n) is 8.68. The van der Waals surface area contributed by atoms with Crippen LogP contribution in [0.5, 0.6) is 0 Å². The number of benzene rings is 1. The Bertz CT molecular complexity index is 426. The quantitative estimate of drug-likeness (QED) is 0.724. The summed E-state index contributed by atoms with van der Waals surface area (Å²) in [5.41, 5.74) is 2.76. The summed E-state index contributed by atoms with van der Waals surface area (Å²) in [6, 6.07) is 12.6. The molecule has 0 amide bonds. The van der Waals surface area contributed by atoms with E-state index >= 15 is 0 Å². The number of pyridine rings is 1. The molecule has 1 aromatic heterocycles. The van der Waals surface area contributed by atoms with E-state index in [4.69, 9.17) is 0 Å². The molecule has 0 saturated heterocycles. The second-order valence-electron chi connectivity index (χ2n) is 3.40. The van der Waals surface area contributed by atoms with E-state index in [-0.39, 0.29) is 0 Å². The van der Waals surface area contributed by atoms with Crippen LogP contribution >= 0.6 is 11.8 Å². The molecule has 0 N–H and O–H groups in total. The number of hydrogen-bond acceptors (Lipinski definition) is 2. The molecule has 0 radical (unpaired) electrons. The lowest BCUT2D eigenvalue weighted by Gasteiger charge is -2.04. The number of nitrogens with zero attached hydrogens (tertiary/aromatic N) is 1. The zero-order chi connectivity index (χ0) is 10.5. The number of thioether (sulfide) groups is 1. The third-order valence-corrected chi connectivity index (χ3v) is 3.37. The van der Waals surface area contributed by atoms with Crippen molar-refractivity contribution in [1.82, 2.24) is 4.98 Å². The Kier molecular flexibility index (Phi) is 3.41. The molecule has 1 heterocycles. The Balaban J connectivity index is 2.03. The van der Waals surface area contributed by atoms with Crippen LogP contribution < -0.4 is 0 Å². The minimum Gasteiger partial charge on any atom is -0.265 e. The first-order valence-electron chi connectivity index (χ1n) is 4.93. The molecule has 2 rings (SSSR count). The summed E-state index contributed by atoms with van der Waals surface area (Å²) in [5.74, 6) is 1.02. The van der Waals surface area contributed by atoms with Gasteiger partial charge in [0.15, 0.2) is 0 Å². The van der Waals surface area contributed by atoms with Crippen LogP contribution in [-0.2, 0) is 5.75 Å². The van der Waals surface area contributed by atoms with Gasteiger partial charge in [0.05, 0.1) is 0 Å². The molecule has 0 aliphatic rings. The molecule has 0 aliphatic heterocycles. The smallest absolute Gasteiger partial charge is 0.0278 e. The number of aryl methyl sites for hydroxylation is 1. The second-order valence-corrected chi connectivity index (χ2v) is 4.45. The van der Waals surface area contributed by atoms with Crippen LogP contribution in [0.2, 0.25) is 0 Å². The fourth-order valence-corrected chi connectivity index (χ4v) is 2.33. The normalized spacial score (nSPS) is 10.2. The van der Waals surface area contributed by atoms with Crippen molar-refractivity contribution in [3.05, 3.63) is 59.9 Å². The molecule has 0 atom stereocenters. The predicted octanol–water partition coefficient (Wildman–Crippen LogP) is 3.68. The van der Waals surface area contributed by atoms with Crippen molar-refractivity contribution >= 4 is 11.8 Å². The van der Waals surface area contributed by atoms with Crippen molar-refractivity contribution < 1.29 is 0 Å². The van der Waals surface area contributed by atoms with Gasteiger partial charge in [-0.05, 0) is 30.2 Å². The first-order chi connectivity index (χ1) is 7.36. The molecule has 15 heavy (non-hydrogen) atoms. The third-order valence-electron chi connectivity index (χ3n) is 2.31. The van der Waals surface area contributed by atoms with Gasteiger partial charge in [0, 0.05) is 23.0 Å². The highest BCUT2D eigenvalue weighted by atomic mass is 32.2. The van der Waals surface area contributed by atoms with Crippen molar-refractivity contribution in [2.75, 3.05) is 0 Å². The van der Waals surface area contributed by atoms with Crippen LogP contribution in [-0.4, -0.2) is 4.98 Å². The molecular weight excluding hydrogens is 202 g/mol. The summed E-state index contributed by atoms with van der Waals surface area (Å²) in [4.78, 5) is 5.28. The van der Waals surface area contributed by atoms with Gasteiger partial charge in [0.1, 0.15) is 0 Å². The van der Waals surface area contributed by atoms with Gasteiger partial charge in [-0.1, -0.05) is 24.3 Å². The summed E-state index contributed by atoms with van der Waals surface area (Å²) < 4.78 is 0. The highest BCUT2D eigenvalue weighted by Crippen LogP contribution is 2.23. The van der Waals surface area contributed by atoms with Crippen LogP contribution in [0.25, 0.3) is 0 Å². The molecule has 0 unspecified atom stereocenters. The Labute approximate surface area is 94.6 Å². The molecular formula is C13H13NS. The summed E-state index contributed by atoms with van der Waals surface area (Å²) in [5, 5.41) is 0. The van der Waals surface area contributed by atoms with Crippen molar-refractivity contribution in [3.8, 4) is 0 Å². The summed E-state index contributed by atoms with van der Waals surface area (Å²) in [7, 11) is 0. The molecule has 0 fully saturated rings. The van der Waals surface area contributed by atoms with Crippen LogP contribution in [0.1, 0.15) is 11.1 Å². The van der Waals surface area contributed by atoms with Crippen molar-refractivity contribution in [3.63, 3.8) is 0 Å². The van der Waals surface area contributed by atoms with Crippen molar-refractivity contribution in [2.24, 2.45) is 0 Å². The summed E-state index contributed by atoms with van der Waals surface area (Å²) in [6.45, 7) is 2.16. The van der Waals surface area contributed by atoms with Gasteiger partial charge in [-0.25, -0.2) is 0 Å². The monoisotopic (exact) mass is 215 g/mol. The average Bonchev–Trinajstić information content (AvgIpc) is 2.29. The highest BCUT2D eigenvalue weighted by Gasteiger charge is 1.98. The molecule has 0 bridgehead atoms. The third kappa shape index (κ3) is 2.83. The lowest BCUT2D eigenvalue weighted by atomic mass is 10.1. The van der Waals surface area contributed by atoms with Crippen molar-refractivity contribution in [2.45, 2.75) is 17.6 Å². The van der Waals surface area contributed by atoms with E-state index in [1.54, 1.807) is 0 Å². The SMILES string of the molecule is Cc1ccccc1CSc1ccncc1.